The van der Waals surface area contributed by atoms with Crippen LogP contribution in [0.15, 0.2) is 29.2 Å². The van der Waals surface area contributed by atoms with Gasteiger partial charge in [-0.05, 0) is 6.92 Å². The predicted octanol–water partition coefficient (Wildman–Crippen LogP) is -2.21. The van der Waals surface area contributed by atoms with Gasteiger partial charge in [-0.25, -0.2) is 9.71 Å². The van der Waals surface area contributed by atoms with E-state index in [-0.39, 0.29) is 24.7 Å². The van der Waals surface area contributed by atoms with Crippen molar-refractivity contribution in [1.29, 1.82) is 0 Å². The fourth-order valence-corrected chi connectivity index (χ4v) is 5.72. The molecule has 2 aliphatic heterocycles. The number of carboxylic acid groups (broad SMARTS) is 1. The van der Waals surface area contributed by atoms with Gasteiger partial charge in [0, 0.05) is 23.9 Å². The highest BCUT2D eigenvalue weighted by Crippen LogP contribution is 2.46. The first-order chi connectivity index (χ1) is 14.4. The molecule has 0 aromatic carbocycles. The van der Waals surface area contributed by atoms with Crippen LogP contribution in [0.5, 0.6) is 0 Å². The van der Waals surface area contributed by atoms with E-state index < -0.39 is 40.1 Å². The Balaban J connectivity index is 1.64. The number of nitrogens with two attached hydrogens (primary N) is 1. The monoisotopic (exact) mass is 469 g/mol. The number of amides is 1. The average molecular weight is 470 g/mol. The molecular weight excluding hydrogens is 446 g/mol. The van der Waals surface area contributed by atoms with Crippen molar-refractivity contribution in [2.75, 3.05) is 7.05 Å². The number of carboxylic acids is 1. The molecule has 2 aliphatic rings. The lowest BCUT2D eigenvalue weighted by atomic mass is 9.78. The molecule has 0 aliphatic carbocycles. The molecule has 0 saturated carbocycles. The third-order valence-corrected chi connectivity index (χ3v) is 8.01. The smallest absolute Gasteiger partial charge is 0.277 e. The Morgan fingerprint density at radius 3 is 2.74 bits per heavy atom. The molecule has 4 heterocycles. The zero-order chi connectivity index (χ0) is 22.8. The largest absolute Gasteiger partial charge is 0.543 e. The Morgan fingerprint density at radius 1 is 1.48 bits per heavy atom. The number of fused-ring (bicyclic) bond motifs is 2. The van der Waals surface area contributed by atoms with Crippen molar-refractivity contribution in [2.45, 2.75) is 39.1 Å². The molecule has 0 radical (unpaired) electrons. The minimum absolute atomic E-state index is 0.0807. The van der Waals surface area contributed by atoms with E-state index in [1.54, 1.807) is 10.9 Å². The summed E-state index contributed by atoms with van der Waals surface area (Å²) in [4.78, 5) is 26.3. The SMILES string of the molecule is C[C@@H](O)[C@H]1C(=O)N2C(C(=O)[O-])=C(C[n+]3cc4scc(CN(C)S(N)(=O)=O)n4c3)[C@H](C)[C@H]12. The van der Waals surface area contributed by atoms with Gasteiger partial charge in [-0.15, -0.1) is 0 Å². The Bertz CT molecular complexity index is 1210. The van der Waals surface area contributed by atoms with Gasteiger partial charge in [0.25, 0.3) is 10.2 Å². The van der Waals surface area contributed by atoms with Crippen LogP contribution in [0.2, 0.25) is 0 Å². The van der Waals surface area contributed by atoms with Gasteiger partial charge in [0.05, 0.1) is 36.3 Å². The molecule has 0 unspecified atom stereocenters. The fourth-order valence-electron chi connectivity index (χ4n) is 4.49. The molecule has 1 saturated heterocycles. The molecule has 31 heavy (non-hydrogen) atoms. The number of aliphatic hydroxyl groups is 1. The first-order valence-corrected chi connectivity index (χ1v) is 12.0. The van der Waals surface area contributed by atoms with Crippen LogP contribution in [0.1, 0.15) is 19.5 Å². The van der Waals surface area contributed by atoms with E-state index in [0.29, 0.717) is 11.3 Å². The average Bonchev–Trinajstić information content (AvgIpc) is 3.27. The van der Waals surface area contributed by atoms with Crippen molar-refractivity contribution < 1.29 is 32.8 Å². The summed E-state index contributed by atoms with van der Waals surface area (Å²) in [7, 11) is -2.44. The first kappa shape index (κ1) is 21.9. The zero-order valence-electron chi connectivity index (χ0n) is 17.1. The number of carbonyl (C=O) groups excluding carboxylic acids is 2. The highest BCUT2D eigenvalue weighted by Gasteiger charge is 2.58. The number of rotatable bonds is 7. The molecule has 4 rings (SSSR count). The Hall–Kier alpha value is -2.32. The summed E-state index contributed by atoms with van der Waals surface area (Å²) in [6.07, 6.45) is 2.69. The van der Waals surface area contributed by atoms with Crippen molar-refractivity contribution in [3.63, 3.8) is 0 Å². The fraction of sp³-hybridized carbons (Fsp3) is 0.500. The molecule has 4 atom stereocenters. The molecule has 11 nitrogen and oxygen atoms in total. The van der Waals surface area contributed by atoms with E-state index in [4.69, 9.17) is 5.14 Å². The Morgan fingerprint density at radius 2 is 2.16 bits per heavy atom. The normalized spacial score (nSPS) is 24.8. The molecule has 168 valence electrons. The highest BCUT2D eigenvalue weighted by atomic mass is 32.2. The second kappa shape index (κ2) is 7.38. The minimum Gasteiger partial charge on any atom is -0.543 e. The summed E-state index contributed by atoms with van der Waals surface area (Å²) in [6, 6.07) is -0.404. The lowest BCUT2D eigenvalue weighted by Gasteiger charge is -2.47. The van der Waals surface area contributed by atoms with Gasteiger partial charge < -0.3 is 19.9 Å². The maximum atomic E-state index is 12.4. The molecule has 2 aromatic heterocycles. The third kappa shape index (κ3) is 3.46. The topological polar surface area (TPSA) is 152 Å². The number of aliphatic carboxylic acids is 1. The number of β-lactam (4-membered cyclic amide) rings is 1. The maximum absolute atomic E-state index is 12.4. The van der Waals surface area contributed by atoms with Crippen LogP contribution in [0, 0.1) is 11.8 Å². The summed E-state index contributed by atoms with van der Waals surface area (Å²) in [5.74, 6) is -2.72. The number of thiazole rings is 1. The van der Waals surface area contributed by atoms with Gasteiger partial charge in [-0.3, -0.25) is 4.79 Å². The predicted molar refractivity (Wildman–Crippen MR) is 107 cm³/mol. The van der Waals surface area contributed by atoms with Crippen molar-refractivity contribution >= 4 is 38.3 Å². The number of hydrogen-bond acceptors (Lipinski definition) is 7. The quantitative estimate of drug-likeness (QED) is 0.346. The lowest BCUT2D eigenvalue weighted by Crippen LogP contribution is -2.64. The second-order valence-electron chi connectivity index (χ2n) is 8.07. The van der Waals surface area contributed by atoms with Crippen LogP contribution in [0.25, 0.3) is 4.83 Å². The molecule has 2 aromatic rings. The number of carbonyl (C=O) groups is 2. The minimum atomic E-state index is -3.83. The van der Waals surface area contributed by atoms with Crippen LogP contribution < -0.4 is 14.8 Å². The van der Waals surface area contributed by atoms with E-state index in [9.17, 15) is 28.2 Å². The number of hydrogen-bond donors (Lipinski definition) is 2. The molecule has 1 amide bonds. The second-order valence-corrected chi connectivity index (χ2v) is 10.6. The number of nitrogens with zero attached hydrogens (tertiary/aromatic N) is 4. The Kier molecular flexibility index (Phi) is 5.21. The van der Waals surface area contributed by atoms with Gasteiger partial charge in [-0.2, -0.15) is 17.1 Å². The van der Waals surface area contributed by atoms with Crippen molar-refractivity contribution in [1.82, 2.24) is 13.6 Å². The first-order valence-electron chi connectivity index (χ1n) is 9.59. The van der Waals surface area contributed by atoms with Gasteiger partial charge >= 0.3 is 0 Å². The van der Waals surface area contributed by atoms with Crippen molar-refractivity contribution in [2.24, 2.45) is 17.0 Å². The Labute approximate surface area is 182 Å². The van der Waals surface area contributed by atoms with Crippen molar-refractivity contribution in [3.8, 4) is 0 Å². The van der Waals surface area contributed by atoms with E-state index in [1.165, 1.54) is 30.2 Å². The van der Waals surface area contributed by atoms with E-state index in [0.717, 1.165) is 9.14 Å². The summed E-state index contributed by atoms with van der Waals surface area (Å²) in [5.41, 5.74) is 1.13. The summed E-state index contributed by atoms with van der Waals surface area (Å²) >= 11 is 1.41. The van der Waals surface area contributed by atoms with Crippen LogP contribution in [-0.4, -0.2) is 58.2 Å². The van der Waals surface area contributed by atoms with Gasteiger partial charge in [0.2, 0.25) is 17.1 Å². The standard InChI is InChI=1S/C18H23N5O6S2/c1-9-12(16(18(26)27)23-15(9)14(10(2)24)17(23)25)5-21-6-13-22(8-21)11(7-30-13)4-20(3)31(19,28)29/h6-10,14-15,24H,4-5H2,1-3H3,(H2-,19,26,27,28,29)/t9-,10+,14+,15+/m0/s1. The van der Waals surface area contributed by atoms with E-state index >= 15 is 0 Å². The summed E-state index contributed by atoms with van der Waals surface area (Å²) < 4.78 is 27.6. The molecule has 13 heteroatoms. The van der Waals surface area contributed by atoms with Crippen LogP contribution in [0.4, 0.5) is 0 Å². The lowest BCUT2D eigenvalue weighted by molar-refractivity contribution is -0.688. The highest BCUT2D eigenvalue weighted by molar-refractivity contribution is 7.86. The summed E-state index contributed by atoms with van der Waals surface area (Å²) in [5, 5.41) is 28.8. The van der Waals surface area contributed by atoms with Crippen LogP contribution >= 0.6 is 11.3 Å². The third-order valence-electron chi connectivity index (χ3n) is 6.08. The zero-order valence-corrected chi connectivity index (χ0v) is 18.8. The van der Waals surface area contributed by atoms with E-state index in [1.807, 2.05) is 22.9 Å². The van der Waals surface area contributed by atoms with Gasteiger partial charge in [0.1, 0.15) is 18.4 Å². The number of imidazole rings is 1. The summed E-state index contributed by atoms with van der Waals surface area (Å²) in [6.45, 7) is 3.67. The molecular formula is C18H23N5O6S2. The van der Waals surface area contributed by atoms with Crippen LogP contribution in [0.3, 0.4) is 0 Å². The van der Waals surface area contributed by atoms with Gasteiger partial charge in [0.15, 0.2) is 0 Å². The molecule has 0 bridgehead atoms. The number of aliphatic hydroxyl groups excluding tert-OH is 1. The molecule has 3 N–H and O–H groups in total. The molecule has 0 spiro atoms. The molecule has 1 fully saturated rings. The van der Waals surface area contributed by atoms with E-state index in [2.05, 4.69) is 0 Å². The van der Waals surface area contributed by atoms with Crippen LogP contribution in [-0.2, 0) is 32.9 Å². The van der Waals surface area contributed by atoms with Crippen molar-refractivity contribution in [3.05, 3.63) is 34.9 Å². The van der Waals surface area contributed by atoms with Gasteiger partial charge in [-0.1, -0.05) is 18.3 Å². The number of aromatic nitrogens is 2. The maximum Gasteiger partial charge on any atom is 0.277 e.